The Morgan fingerprint density at radius 3 is 2.25 bits per heavy atom. The number of carboxylic acids is 1. The second-order valence-corrected chi connectivity index (χ2v) is 8.96. The number of hydrogen-bond donors (Lipinski definition) is 3. The topological polar surface area (TPSA) is 144 Å². The van der Waals surface area contributed by atoms with Crippen LogP contribution in [0.2, 0.25) is 5.02 Å². The number of nitrogens with zero attached hydrogens (tertiary/aromatic N) is 1. The molecule has 3 aromatic carbocycles. The Labute approximate surface area is 237 Å². The number of nitrogens with one attached hydrogen (secondary N) is 2. The summed E-state index contributed by atoms with van der Waals surface area (Å²) in [5, 5.41) is 14.3. The van der Waals surface area contributed by atoms with E-state index in [1.807, 2.05) is 0 Å². The minimum absolute atomic E-state index is 0.00540. The van der Waals surface area contributed by atoms with Gasteiger partial charge in [0, 0.05) is 23.4 Å². The number of benzene rings is 3. The summed E-state index contributed by atoms with van der Waals surface area (Å²) >= 11 is 12.4. The van der Waals surface area contributed by atoms with Crippen LogP contribution in [0.25, 0.3) is 0 Å². The minimum Gasteiger partial charge on any atom is -0.497 e. The summed E-state index contributed by atoms with van der Waals surface area (Å²) in [6.07, 6.45) is 0. The standard InChI is InChI=1S/C27H21Cl2N3O8/c1-38-15-7-8-20(39-2)19(10-15)32-25(34)22(29)23(26(32)35)30-14-6-4-5-13(9-14)24(33)31-18-12-21(40-3)16(27(36)37)11-17(18)28/h4-12,30H,1-3H3,(H,31,33)(H,36,37). The third-order valence-electron chi connectivity index (χ3n) is 5.82. The van der Waals surface area contributed by atoms with Crippen molar-refractivity contribution in [3.05, 3.63) is 81.5 Å². The number of carbonyl (C=O) groups is 4. The summed E-state index contributed by atoms with van der Waals surface area (Å²) in [5.74, 6) is -2.71. The number of halogens is 2. The maximum absolute atomic E-state index is 13.3. The van der Waals surface area contributed by atoms with Crippen molar-refractivity contribution in [1.29, 1.82) is 0 Å². The Morgan fingerprint density at radius 1 is 0.875 bits per heavy atom. The zero-order valence-corrected chi connectivity index (χ0v) is 22.7. The molecule has 0 bridgehead atoms. The third kappa shape index (κ3) is 5.37. The summed E-state index contributed by atoms with van der Waals surface area (Å²) in [6, 6.07) is 13.1. The Balaban J connectivity index is 1.58. The molecule has 4 rings (SSSR count). The van der Waals surface area contributed by atoms with Crippen LogP contribution in [0.1, 0.15) is 20.7 Å². The van der Waals surface area contributed by atoms with E-state index in [1.54, 1.807) is 24.3 Å². The van der Waals surface area contributed by atoms with Gasteiger partial charge < -0.3 is 30.0 Å². The van der Waals surface area contributed by atoms with Crippen molar-refractivity contribution < 1.29 is 38.5 Å². The lowest BCUT2D eigenvalue weighted by atomic mass is 10.1. The van der Waals surface area contributed by atoms with Crippen molar-refractivity contribution in [2.45, 2.75) is 0 Å². The fraction of sp³-hybridized carbons (Fsp3) is 0.111. The Kier molecular flexibility index (Phi) is 8.17. The lowest BCUT2D eigenvalue weighted by molar-refractivity contribution is -0.120. The van der Waals surface area contributed by atoms with Crippen LogP contribution < -0.4 is 29.7 Å². The van der Waals surface area contributed by atoms with Crippen LogP contribution in [-0.4, -0.2) is 50.1 Å². The molecular formula is C27H21Cl2N3O8. The lowest BCUT2D eigenvalue weighted by Gasteiger charge is -2.19. The van der Waals surface area contributed by atoms with Gasteiger partial charge in [-0.1, -0.05) is 29.3 Å². The summed E-state index contributed by atoms with van der Waals surface area (Å²) in [4.78, 5) is 51.5. The molecule has 1 heterocycles. The van der Waals surface area contributed by atoms with E-state index in [-0.39, 0.29) is 55.4 Å². The molecule has 1 aliphatic rings. The first-order valence-electron chi connectivity index (χ1n) is 11.4. The molecule has 3 N–H and O–H groups in total. The second-order valence-electron chi connectivity index (χ2n) is 8.17. The van der Waals surface area contributed by atoms with Crippen molar-refractivity contribution in [1.82, 2.24) is 0 Å². The Hall–Kier alpha value is -4.74. The molecule has 0 aliphatic carbocycles. The number of carboxylic acid groups (broad SMARTS) is 1. The largest absolute Gasteiger partial charge is 0.497 e. The van der Waals surface area contributed by atoms with E-state index < -0.39 is 23.7 Å². The zero-order valence-electron chi connectivity index (χ0n) is 21.2. The van der Waals surface area contributed by atoms with Crippen LogP contribution in [0.5, 0.6) is 17.2 Å². The van der Waals surface area contributed by atoms with Gasteiger partial charge in [-0.15, -0.1) is 0 Å². The van der Waals surface area contributed by atoms with E-state index in [0.29, 0.717) is 5.75 Å². The highest BCUT2D eigenvalue weighted by atomic mass is 35.5. The molecule has 0 radical (unpaired) electrons. The van der Waals surface area contributed by atoms with E-state index in [1.165, 1.54) is 45.6 Å². The van der Waals surface area contributed by atoms with Gasteiger partial charge in [0.25, 0.3) is 17.7 Å². The normalized spacial score (nSPS) is 12.9. The maximum Gasteiger partial charge on any atom is 0.339 e. The van der Waals surface area contributed by atoms with Crippen LogP contribution in [0.3, 0.4) is 0 Å². The summed E-state index contributed by atoms with van der Waals surface area (Å²) in [6.45, 7) is 0. The molecular weight excluding hydrogens is 565 g/mol. The van der Waals surface area contributed by atoms with Gasteiger partial charge in [0.1, 0.15) is 33.5 Å². The Bertz CT molecular complexity index is 1590. The molecule has 40 heavy (non-hydrogen) atoms. The third-order valence-corrected chi connectivity index (χ3v) is 6.48. The highest BCUT2D eigenvalue weighted by molar-refractivity contribution is 6.53. The van der Waals surface area contributed by atoms with Gasteiger partial charge >= 0.3 is 5.97 Å². The maximum atomic E-state index is 13.3. The lowest BCUT2D eigenvalue weighted by Crippen LogP contribution is -2.32. The van der Waals surface area contributed by atoms with Gasteiger partial charge in [-0.3, -0.25) is 14.4 Å². The first-order valence-corrected chi connectivity index (χ1v) is 12.1. The average Bonchev–Trinajstić information content (AvgIpc) is 3.16. The predicted octanol–water partition coefficient (Wildman–Crippen LogP) is 4.75. The number of methoxy groups -OCH3 is 3. The SMILES string of the molecule is COc1ccc(OC)c(N2C(=O)C(Cl)=C(Nc3cccc(C(=O)Nc4cc(OC)c(C(=O)O)cc4Cl)c3)C2=O)c1. The monoisotopic (exact) mass is 585 g/mol. The molecule has 3 aromatic rings. The Morgan fingerprint density at radius 2 is 1.60 bits per heavy atom. The predicted molar refractivity (Wildman–Crippen MR) is 148 cm³/mol. The minimum atomic E-state index is -1.24. The number of hydrogen-bond acceptors (Lipinski definition) is 8. The van der Waals surface area contributed by atoms with E-state index >= 15 is 0 Å². The first-order chi connectivity index (χ1) is 19.1. The van der Waals surface area contributed by atoms with Crippen molar-refractivity contribution >= 4 is 64.0 Å². The molecule has 1 aliphatic heterocycles. The van der Waals surface area contributed by atoms with Gasteiger partial charge in [-0.05, 0) is 36.4 Å². The van der Waals surface area contributed by atoms with E-state index in [9.17, 15) is 24.3 Å². The molecule has 0 spiro atoms. The van der Waals surface area contributed by atoms with Crippen LogP contribution in [0, 0.1) is 0 Å². The fourth-order valence-electron chi connectivity index (χ4n) is 3.86. The van der Waals surface area contributed by atoms with Crippen LogP contribution in [0.4, 0.5) is 17.1 Å². The quantitative estimate of drug-likeness (QED) is 0.303. The number of carbonyl (C=O) groups excluding carboxylic acids is 3. The van der Waals surface area contributed by atoms with Crippen LogP contribution >= 0.6 is 23.2 Å². The summed E-state index contributed by atoms with van der Waals surface area (Å²) < 4.78 is 15.6. The number of amides is 3. The van der Waals surface area contributed by atoms with Crippen LogP contribution in [0.15, 0.2) is 65.3 Å². The fourth-order valence-corrected chi connectivity index (χ4v) is 4.29. The molecule has 0 fully saturated rings. The molecule has 13 heteroatoms. The van der Waals surface area contributed by atoms with E-state index in [2.05, 4.69) is 10.6 Å². The van der Waals surface area contributed by atoms with Gasteiger partial charge in [0.2, 0.25) is 0 Å². The molecule has 0 unspecified atom stereocenters. The molecule has 0 saturated carbocycles. The van der Waals surface area contributed by atoms with Crippen molar-refractivity contribution in [2.24, 2.45) is 0 Å². The highest BCUT2D eigenvalue weighted by Gasteiger charge is 2.40. The van der Waals surface area contributed by atoms with E-state index in [0.717, 1.165) is 11.0 Å². The van der Waals surface area contributed by atoms with Gasteiger partial charge in [-0.25, -0.2) is 9.69 Å². The van der Waals surface area contributed by atoms with Gasteiger partial charge in [0.05, 0.1) is 37.7 Å². The number of ether oxygens (including phenoxy) is 3. The first kappa shape index (κ1) is 28.3. The molecule has 0 atom stereocenters. The smallest absolute Gasteiger partial charge is 0.339 e. The summed E-state index contributed by atoms with van der Waals surface area (Å²) in [5.41, 5.74) is 0.330. The van der Waals surface area contributed by atoms with E-state index in [4.69, 9.17) is 37.4 Å². The number of aromatic carboxylic acids is 1. The molecule has 11 nitrogen and oxygen atoms in total. The van der Waals surface area contributed by atoms with Gasteiger partial charge in [0.15, 0.2) is 0 Å². The number of anilines is 3. The van der Waals surface area contributed by atoms with Crippen molar-refractivity contribution in [3.8, 4) is 17.2 Å². The van der Waals surface area contributed by atoms with Crippen molar-refractivity contribution in [3.63, 3.8) is 0 Å². The van der Waals surface area contributed by atoms with Gasteiger partial charge in [-0.2, -0.15) is 0 Å². The molecule has 0 saturated heterocycles. The summed E-state index contributed by atoms with van der Waals surface area (Å²) in [7, 11) is 4.12. The number of rotatable bonds is 9. The highest BCUT2D eigenvalue weighted by Crippen LogP contribution is 2.38. The average molecular weight is 586 g/mol. The second kappa shape index (κ2) is 11.6. The zero-order chi connectivity index (χ0) is 29.1. The van der Waals surface area contributed by atoms with Crippen LogP contribution in [-0.2, 0) is 9.59 Å². The molecule has 3 amide bonds. The molecule has 0 aromatic heterocycles. The van der Waals surface area contributed by atoms with Crippen molar-refractivity contribution in [2.75, 3.05) is 36.9 Å². The molecule has 206 valence electrons. The number of imide groups is 1.